The summed E-state index contributed by atoms with van der Waals surface area (Å²) in [5, 5.41) is 13.0. The van der Waals surface area contributed by atoms with Gasteiger partial charge in [0, 0.05) is 11.8 Å². The van der Waals surface area contributed by atoms with Gasteiger partial charge in [0.15, 0.2) is 5.75 Å². The minimum atomic E-state index is -3.13. The van der Waals surface area contributed by atoms with E-state index in [0.717, 1.165) is 11.8 Å². The molecule has 0 aromatic heterocycles. The smallest absolute Gasteiger partial charge is 0.311 e. The maximum Gasteiger partial charge on any atom is 0.311 e. The van der Waals surface area contributed by atoms with Crippen LogP contribution >= 0.6 is 11.8 Å². The number of ether oxygens (including phenoxy) is 1. The number of thioether (sulfide) groups is 1. The molecule has 0 aliphatic rings. The van der Waals surface area contributed by atoms with Gasteiger partial charge in [0.05, 0.1) is 30.9 Å². The van der Waals surface area contributed by atoms with Gasteiger partial charge >= 0.3 is 5.69 Å². The van der Waals surface area contributed by atoms with Crippen LogP contribution in [0.3, 0.4) is 0 Å². The number of hydrogen-bond donors (Lipinski definition) is 2. The van der Waals surface area contributed by atoms with Gasteiger partial charge in [0.1, 0.15) is 0 Å². The van der Waals surface area contributed by atoms with Crippen molar-refractivity contribution in [2.45, 2.75) is 11.7 Å². The minimum Gasteiger partial charge on any atom is -0.490 e. The lowest BCUT2D eigenvalue weighted by atomic mass is 10.2. The summed E-state index contributed by atoms with van der Waals surface area (Å²) in [6.45, 7) is -1.65. The predicted octanol–water partition coefficient (Wildman–Crippen LogP) is 1.55. The molecule has 1 aromatic carbocycles. The number of carbonyl (C=O) groups excluding carboxylic acids is 1. The highest BCUT2D eigenvalue weighted by Gasteiger charge is 2.27. The van der Waals surface area contributed by atoms with Gasteiger partial charge < -0.3 is 15.8 Å². The SMILES string of the molecule is COc1ccc(CSCC(=O)NCC(F)(F)CN)cc1[N+](=O)[O-]. The van der Waals surface area contributed by atoms with Crippen molar-refractivity contribution in [2.75, 3.05) is 26.0 Å². The van der Waals surface area contributed by atoms with Crippen molar-refractivity contribution < 1.29 is 23.2 Å². The lowest BCUT2D eigenvalue weighted by molar-refractivity contribution is -0.385. The van der Waals surface area contributed by atoms with Gasteiger partial charge in [-0.15, -0.1) is 11.8 Å². The Hall–Kier alpha value is -1.94. The number of carbonyl (C=O) groups is 1. The maximum absolute atomic E-state index is 12.9. The summed E-state index contributed by atoms with van der Waals surface area (Å²) in [5.41, 5.74) is 5.32. The molecule has 3 N–H and O–H groups in total. The number of nitrogens with zero attached hydrogens (tertiary/aromatic N) is 1. The highest BCUT2D eigenvalue weighted by atomic mass is 32.2. The zero-order valence-corrected chi connectivity index (χ0v) is 13.2. The third kappa shape index (κ3) is 6.37. The highest BCUT2D eigenvalue weighted by molar-refractivity contribution is 7.99. The Balaban J connectivity index is 2.48. The van der Waals surface area contributed by atoms with E-state index in [1.807, 2.05) is 0 Å². The Morgan fingerprint density at radius 2 is 2.22 bits per heavy atom. The number of hydrogen-bond acceptors (Lipinski definition) is 6. The van der Waals surface area contributed by atoms with Crippen LogP contribution < -0.4 is 15.8 Å². The summed E-state index contributed by atoms with van der Waals surface area (Å²) < 4.78 is 30.6. The van der Waals surface area contributed by atoms with E-state index in [9.17, 15) is 23.7 Å². The molecule has 23 heavy (non-hydrogen) atoms. The fourth-order valence-electron chi connectivity index (χ4n) is 1.58. The van der Waals surface area contributed by atoms with Crippen molar-refractivity contribution in [3.8, 4) is 5.75 Å². The first-order valence-electron chi connectivity index (χ1n) is 6.52. The largest absolute Gasteiger partial charge is 0.490 e. The number of nitro groups is 1. The number of amides is 1. The first kappa shape index (κ1) is 19.1. The summed E-state index contributed by atoms with van der Waals surface area (Å²) in [7, 11) is 1.33. The molecule has 0 fully saturated rings. The normalized spacial score (nSPS) is 11.1. The van der Waals surface area contributed by atoms with Crippen molar-refractivity contribution in [2.24, 2.45) is 5.73 Å². The monoisotopic (exact) mass is 349 g/mol. The minimum absolute atomic E-state index is 0.0412. The molecule has 0 atom stereocenters. The van der Waals surface area contributed by atoms with E-state index in [4.69, 9.17) is 10.5 Å². The van der Waals surface area contributed by atoms with E-state index in [1.165, 1.54) is 19.2 Å². The van der Waals surface area contributed by atoms with E-state index in [1.54, 1.807) is 6.07 Å². The van der Waals surface area contributed by atoms with E-state index in [0.29, 0.717) is 11.3 Å². The standard InChI is InChI=1S/C13H17F2N3O4S/c1-22-11-3-2-9(4-10(11)18(20)21)5-23-6-12(19)17-8-13(14,15)7-16/h2-4H,5-8,16H2,1H3,(H,17,19). The van der Waals surface area contributed by atoms with Crippen LogP contribution in [0.15, 0.2) is 18.2 Å². The lowest BCUT2D eigenvalue weighted by Gasteiger charge is -2.14. The molecule has 0 radical (unpaired) electrons. The summed E-state index contributed by atoms with van der Waals surface area (Å²) in [6, 6.07) is 4.46. The van der Waals surface area contributed by atoms with Crippen LogP contribution in [0, 0.1) is 10.1 Å². The average Bonchev–Trinajstić information content (AvgIpc) is 2.53. The van der Waals surface area contributed by atoms with E-state index in [2.05, 4.69) is 5.32 Å². The third-order valence-corrected chi connectivity index (χ3v) is 3.79. The number of halogens is 2. The Bertz CT molecular complexity index is 572. The molecule has 1 amide bonds. The summed E-state index contributed by atoms with van der Waals surface area (Å²) in [5.74, 6) is -3.25. The van der Waals surface area contributed by atoms with E-state index >= 15 is 0 Å². The molecule has 7 nitrogen and oxygen atoms in total. The number of alkyl halides is 2. The molecule has 0 unspecified atom stereocenters. The molecule has 0 saturated heterocycles. The summed E-state index contributed by atoms with van der Waals surface area (Å²) in [4.78, 5) is 21.8. The van der Waals surface area contributed by atoms with Crippen LogP contribution in [0.2, 0.25) is 0 Å². The Morgan fingerprint density at radius 3 is 2.78 bits per heavy atom. The fraction of sp³-hybridized carbons (Fsp3) is 0.462. The van der Waals surface area contributed by atoms with Gasteiger partial charge in [-0.05, 0) is 11.6 Å². The predicted molar refractivity (Wildman–Crippen MR) is 82.8 cm³/mol. The summed E-state index contributed by atoms with van der Waals surface area (Å²) >= 11 is 1.15. The first-order chi connectivity index (χ1) is 10.8. The van der Waals surface area contributed by atoms with Gasteiger partial charge in [-0.1, -0.05) is 6.07 Å². The second-order valence-corrected chi connectivity index (χ2v) is 5.58. The highest BCUT2D eigenvalue weighted by Crippen LogP contribution is 2.28. The molecule has 10 heteroatoms. The molecular formula is C13H17F2N3O4S. The third-order valence-electron chi connectivity index (χ3n) is 2.78. The molecule has 1 rings (SSSR count). The van der Waals surface area contributed by atoms with Crippen molar-refractivity contribution in [3.63, 3.8) is 0 Å². The van der Waals surface area contributed by atoms with Crippen molar-refractivity contribution in [1.29, 1.82) is 0 Å². The zero-order chi connectivity index (χ0) is 17.5. The molecule has 128 valence electrons. The van der Waals surface area contributed by atoms with Crippen LogP contribution in [0.4, 0.5) is 14.5 Å². The second kappa shape index (κ2) is 8.63. The van der Waals surface area contributed by atoms with Crippen LogP contribution in [0.1, 0.15) is 5.56 Å². The molecule has 0 saturated carbocycles. The number of nitro benzene ring substituents is 1. The maximum atomic E-state index is 12.9. The van der Waals surface area contributed by atoms with Gasteiger partial charge in [0.25, 0.3) is 5.92 Å². The van der Waals surface area contributed by atoms with Gasteiger partial charge in [-0.3, -0.25) is 14.9 Å². The quantitative estimate of drug-likeness (QED) is 0.517. The van der Waals surface area contributed by atoms with Gasteiger partial charge in [0.2, 0.25) is 5.91 Å². The zero-order valence-electron chi connectivity index (χ0n) is 12.4. The number of benzene rings is 1. The van der Waals surface area contributed by atoms with Crippen LogP contribution in [0.5, 0.6) is 5.75 Å². The molecule has 0 aliphatic heterocycles. The first-order valence-corrected chi connectivity index (χ1v) is 7.68. The Labute approximate surface area is 135 Å². The molecular weight excluding hydrogens is 332 g/mol. The van der Waals surface area contributed by atoms with E-state index < -0.39 is 29.8 Å². The topological polar surface area (TPSA) is 107 Å². The van der Waals surface area contributed by atoms with E-state index in [-0.39, 0.29) is 17.2 Å². The molecule has 0 spiro atoms. The van der Waals surface area contributed by atoms with Gasteiger partial charge in [-0.25, -0.2) is 8.78 Å². The molecule has 0 aliphatic carbocycles. The van der Waals surface area contributed by atoms with Crippen molar-refractivity contribution in [3.05, 3.63) is 33.9 Å². The Kier molecular flexibility index (Phi) is 7.17. The molecule has 1 aromatic rings. The second-order valence-electron chi connectivity index (χ2n) is 4.59. The Morgan fingerprint density at radius 1 is 1.52 bits per heavy atom. The van der Waals surface area contributed by atoms with Crippen LogP contribution in [-0.2, 0) is 10.5 Å². The van der Waals surface area contributed by atoms with Gasteiger partial charge in [-0.2, -0.15) is 0 Å². The number of nitrogens with two attached hydrogens (primary N) is 1. The summed E-state index contributed by atoms with van der Waals surface area (Å²) in [6.07, 6.45) is 0. The molecule has 0 bridgehead atoms. The van der Waals surface area contributed by atoms with Crippen molar-refractivity contribution >= 4 is 23.4 Å². The number of methoxy groups -OCH3 is 1. The number of rotatable bonds is 9. The number of nitrogens with one attached hydrogen (secondary N) is 1. The van der Waals surface area contributed by atoms with Crippen LogP contribution in [0.25, 0.3) is 0 Å². The average molecular weight is 349 g/mol. The fourth-order valence-corrected chi connectivity index (χ4v) is 2.39. The molecule has 0 heterocycles. The van der Waals surface area contributed by atoms with Crippen molar-refractivity contribution in [1.82, 2.24) is 5.32 Å². The lowest BCUT2D eigenvalue weighted by Crippen LogP contribution is -2.42. The van der Waals surface area contributed by atoms with Crippen LogP contribution in [-0.4, -0.2) is 42.7 Å².